The molecule has 0 saturated carbocycles. The summed E-state index contributed by atoms with van der Waals surface area (Å²) in [6, 6.07) is 23.3. The van der Waals surface area contributed by atoms with Crippen molar-refractivity contribution in [1.29, 1.82) is 0 Å². The maximum Gasteiger partial charge on any atom is 0.197 e. The van der Waals surface area contributed by atoms with Gasteiger partial charge in [-0.15, -0.1) is 0 Å². The smallest absolute Gasteiger partial charge is 0.197 e. The summed E-state index contributed by atoms with van der Waals surface area (Å²) in [5.41, 5.74) is 2.79. The standard InChI is InChI=1S/C28H36O2/c1-7-20(2)27(28(4,5)6)23-15-17-25(18-16-23)30-21(3)29-19-24-13-10-12-22-11-8-9-14-26(22)24/h8-18,20-21,27H,7,19H2,1-6H3. The van der Waals surface area contributed by atoms with Crippen molar-refractivity contribution < 1.29 is 9.47 Å². The minimum Gasteiger partial charge on any atom is -0.465 e. The quantitative estimate of drug-likeness (QED) is 0.355. The van der Waals surface area contributed by atoms with E-state index in [2.05, 4.69) is 101 Å². The lowest BCUT2D eigenvalue weighted by Gasteiger charge is -2.36. The Morgan fingerprint density at radius 3 is 2.17 bits per heavy atom. The number of rotatable bonds is 8. The number of hydrogen-bond donors (Lipinski definition) is 0. The Balaban J connectivity index is 1.63. The fourth-order valence-electron chi connectivity index (χ4n) is 4.52. The summed E-state index contributed by atoms with van der Waals surface area (Å²) >= 11 is 0. The van der Waals surface area contributed by atoms with Crippen LogP contribution in [-0.2, 0) is 11.3 Å². The van der Waals surface area contributed by atoms with E-state index in [1.54, 1.807) is 0 Å². The molecule has 30 heavy (non-hydrogen) atoms. The zero-order valence-corrected chi connectivity index (χ0v) is 19.3. The summed E-state index contributed by atoms with van der Waals surface area (Å²) in [4.78, 5) is 0. The molecule has 0 fully saturated rings. The van der Waals surface area contributed by atoms with Crippen molar-refractivity contribution in [3.05, 3.63) is 77.9 Å². The molecular formula is C28H36O2. The van der Waals surface area contributed by atoms with Crippen LogP contribution in [0.2, 0.25) is 0 Å². The van der Waals surface area contributed by atoms with E-state index in [0.29, 0.717) is 18.4 Å². The molecule has 3 atom stereocenters. The average molecular weight is 405 g/mol. The van der Waals surface area contributed by atoms with E-state index >= 15 is 0 Å². The van der Waals surface area contributed by atoms with Gasteiger partial charge >= 0.3 is 0 Å². The molecule has 3 unspecified atom stereocenters. The van der Waals surface area contributed by atoms with Crippen LogP contribution in [0.5, 0.6) is 5.75 Å². The van der Waals surface area contributed by atoms with Crippen LogP contribution >= 0.6 is 0 Å². The molecule has 0 heterocycles. The van der Waals surface area contributed by atoms with Crippen molar-refractivity contribution in [2.45, 2.75) is 66.8 Å². The van der Waals surface area contributed by atoms with Gasteiger partial charge in [0.1, 0.15) is 5.75 Å². The zero-order chi connectivity index (χ0) is 21.7. The zero-order valence-electron chi connectivity index (χ0n) is 19.3. The molecule has 2 nitrogen and oxygen atoms in total. The third-order valence-corrected chi connectivity index (χ3v) is 6.04. The number of benzene rings is 3. The molecule has 160 valence electrons. The Hall–Kier alpha value is -2.32. The van der Waals surface area contributed by atoms with Gasteiger partial charge in [0, 0.05) is 0 Å². The highest BCUT2D eigenvalue weighted by Gasteiger charge is 2.30. The maximum absolute atomic E-state index is 6.03. The average Bonchev–Trinajstić information content (AvgIpc) is 2.72. The van der Waals surface area contributed by atoms with Gasteiger partial charge in [0.15, 0.2) is 6.29 Å². The topological polar surface area (TPSA) is 18.5 Å². The van der Waals surface area contributed by atoms with Crippen molar-refractivity contribution in [1.82, 2.24) is 0 Å². The molecule has 3 aromatic carbocycles. The van der Waals surface area contributed by atoms with Crippen molar-refractivity contribution in [2.24, 2.45) is 11.3 Å². The van der Waals surface area contributed by atoms with Gasteiger partial charge in [0.05, 0.1) is 6.61 Å². The first kappa shape index (κ1) is 22.4. The van der Waals surface area contributed by atoms with Crippen molar-refractivity contribution in [3.63, 3.8) is 0 Å². The van der Waals surface area contributed by atoms with Crippen LogP contribution in [0, 0.1) is 11.3 Å². The van der Waals surface area contributed by atoms with E-state index in [4.69, 9.17) is 9.47 Å². The highest BCUT2D eigenvalue weighted by molar-refractivity contribution is 5.85. The second kappa shape index (κ2) is 9.66. The predicted octanol–water partition coefficient (Wildman–Crippen LogP) is 7.96. The van der Waals surface area contributed by atoms with Gasteiger partial charge < -0.3 is 9.47 Å². The molecule has 0 aliphatic rings. The van der Waals surface area contributed by atoms with E-state index in [1.807, 2.05) is 6.92 Å². The van der Waals surface area contributed by atoms with Crippen molar-refractivity contribution >= 4 is 10.8 Å². The summed E-state index contributed by atoms with van der Waals surface area (Å²) in [5, 5.41) is 2.47. The first-order valence-electron chi connectivity index (χ1n) is 11.1. The Kier molecular flexibility index (Phi) is 7.20. The highest BCUT2D eigenvalue weighted by Crippen LogP contribution is 2.42. The summed E-state index contributed by atoms with van der Waals surface area (Å²) < 4.78 is 12.0. The van der Waals surface area contributed by atoms with E-state index < -0.39 is 0 Å². The summed E-state index contributed by atoms with van der Waals surface area (Å²) in [6.07, 6.45) is 0.863. The lowest BCUT2D eigenvalue weighted by molar-refractivity contribution is -0.0755. The molecular weight excluding hydrogens is 368 g/mol. The SMILES string of the molecule is CCC(C)C(c1ccc(OC(C)OCc2cccc3ccccc23)cc1)C(C)(C)C. The van der Waals surface area contributed by atoms with Gasteiger partial charge in [-0.25, -0.2) is 0 Å². The summed E-state index contributed by atoms with van der Waals surface area (Å²) in [5.74, 6) is 2.01. The van der Waals surface area contributed by atoms with Crippen molar-refractivity contribution in [3.8, 4) is 5.75 Å². The van der Waals surface area contributed by atoms with Crippen LogP contribution in [0.15, 0.2) is 66.7 Å². The number of fused-ring (bicyclic) bond motifs is 1. The van der Waals surface area contributed by atoms with E-state index in [-0.39, 0.29) is 11.7 Å². The first-order chi connectivity index (χ1) is 14.3. The Bertz CT molecular complexity index is 932. The van der Waals surface area contributed by atoms with Crippen LogP contribution in [0.1, 0.15) is 65.0 Å². The van der Waals surface area contributed by atoms with Gasteiger partial charge in [-0.05, 0) is 58.2 Å². The van der Waals surface area contributed by atoms with Crippen LogP contribution in [0.4, 0.5) is 0 Å². The van der Waals surface area contributed by atoms with Crippen molar-refractivity contribution in [2.75, 3.05) is 0 Å². The van der Waals surface area contributed by atoms with Gasteiger partial charge in [0.2, 0.25) is 0 Å². The van der Waals surface area contributed by atoms with Gasteiger partial charge in [-0.1, -0.05) is 95.6 Å². The van der Waals surface area contributed by atoms with E-state index in [1.165, 1.54) is 28.3 Å². The second-order valence-corrected chi connectivity index (χ2v) is 9.43. The largest absolute Gasteiger partial charge is 0.465 e. The van der Waals surface area contributed by atoms with Gasteiger partial charge in [-0.2, -0.15) is 0 Å². The van der Waals surface area contributed by atoms with Gasteiger partial charge in [-0.3, -0.25) is 0 Å². The van der Waals surface area contributed by atoms with Gasteiger partial charge in [0.25, 0.3) is 0 Å². The van der Waals surface area contributed by atoms with Crippen LogP contribution in [-0.4, -0.2) is 6.29 Å². The molecule has 0 aliphatic heterocycles. The molecule has 0 spiro atoms. The Morgan fingerprint density at radius 2 is 1.50 bits per heavy atom. The fourth-order valence-corrected chi connectivity index (χ4v) is 4.52. The third kappa shape index (κ3) is 5.43. The minimum absolute atomic E-state index is 0.229. The maximum atomic E-state index is 6.03. The van der Waals surface area contributed by atoms with E-state index in [9.17, 15) is 0 Å². The summed E-state index contributed by atoms with van der Waals surface area (Å²) in [7, 11) is 0. The van der Waals surface area contributed by atoms with Crippen LogP contribution in [0.3, 0.4) is 0 Å². The molecule has 0 aromatic heterocycles. The lowest BCUT2D eigenvalue weighted by atomic mass is 9.69. The molecule has 2 heteroatoms. The predicted molar refractivity (Wildman–Crippen MR) is 127 cm³/mol. The first-order valence-corrected chi connectivity index (χ1v) is 11.1. The van der Waals surface area contributed by atoms with Crippen LogP contribution < -0.4 is 4.74 Å². The lowest BCUT2D eigenvalue weighted by Crippen LogP contribution is -2.24. The number of hydrogen-bond acceptors (Lipinski definition) is 2. The molecule has 0 saturated heterocycles. The second-order valence-electron chi connectivity index (χ2n) is 9.43. The van der Waals surface area contributed by atoms with E-state index in [0.717, 1.165) is 5.75 Å². The minimum atomic E-state index is -0.317. The third-order valence-electron chi connectivity index (χ3n) is 6.04. The highest BCUT2D eigenvalue weighted by atomic mass is 16.7. The molecule has 0 aliphatic carbocycles. The molecule has 0 bridgehead atoms. The molecule has 3 rings (SSSR count). The fraction of sp³-hybridized carbons (Fsp3) is 0.429. The summed E-state index contributed by atoms with van der Waals surface area (Å²) in [6.45, 7) is 14.1. The monoisotopic (exact) mass is 404 g/mol. The Labute approximate surface area is 182 Å². The molecule has 0 radical (unpaired) electrons. The molecule has 0 N–H and O–H groups in total. The molecule has 0 amide bonds. The normalized spacial score (nSPS) is 15.0. The number of ether oxygens (including phenoxy) is 2. The Morgan fingerprint density at radius 1 is 0.833 bits per heavy atom. The molecule has 3 aromatic rings. The van der Waals surface area contributed by atoms with Crippen LogP contribution in [0.25, 0.3) is 10.8 Å².